The molecule has 1 aromatic rings. The minimum absolute atomic E-state index is 0.150. The van der Waals surface area contributed by atoms with Gasteiger partial charge in [0.25, 0.3) is 0 Å². The molecule has 1 amide bonds. The number of benzene rings is 1. The second kappa shape index (κ2) is 11.2. The molecule has 1 aromatic carbocycles. The van der Waals surface area contributed by atoms with E-state index in [4.69, 9.17) is 9.73 Å². The van der Waals surface area contributed by atoms with Crippen LogP contribution in [0.15, 0.2) is 57.7 Å². The first-order valence-electron chi connectivity index (χ1n) is 13.2. The zero-order valence-electron chi connectivity index (χ0n) is 21.3. The van der Waals surface area contributed by atoms with Gasteiger partial charge in [0.1, 0.15) is 0 Å². The first-order valence-corrected chi connectivity index (χ1v) is 14.1. The van der Waals surface area contributed by atoms with E-state index >= 15 is 0 Å². The molecule has 0 N–H and O–H groups in total. The van der Waals surface area contributed by atoms with Gasteiger partial charge in [0.15, 0.2) is 5.17 Å². The van der Waals surface area contributed by atoms with Crippen LogP contribution in [0.4, 0.5) is 0 Å². The van der Waals surface area contributed by atoms with E-state index in [2.05, 4.69) is 9.80 Å². The van der Waals surface area contributed by atoms with Crippen LogP contribution in [0.1, 0.15) is 63.5 Å². The van der Waals surface area contributed by atoms with Gasteiger partial charge in [0.05, 0.1) is 30.8 Å². The summed E-state index contributed by atoms with van der Waals surface area (Å²) in [6, 6.07) is 10.2. The van der Waals surface area contributed by atoms with Crippen molar-refractivity contribution in [3.8, 4) is 0 Å². The van der Waals surface area contributed by atoms with Crippen LogP contribution in [0.5, 0.6) is 0 Å². The third-order valence-electron chi connectivity index (χ3n) is 7.80. The van der Waals surface area contributed by atoms with Gasteiger partial charge in [-0.05, 0) is 56.2 Å². The summed E-state index contributed by atoms with van der Waals surface area (Å²) in [6.45, 7) is 6.05. The fourth-order valence-corrected chi connectivity index (χ4v) is 6.83. The molecule has 192 valence electrons. The zero-order chi connectivity index (χ0) is 25.1. The fourth-order valence-electron chi connectivity index (χ4n) is 5.89. The number of hydrogen-bond acceptors (Lipinski definition) is 7. The average molecular weight is 509 g/mol. The van der Waals surface area contributed by atoms with Crippen LogP contribution < -0.4 is 0 Å². The topological polar surface area (TPSA) is 65.5 Å². The number of nitrogens with zero attached hydrogens (tertiary/aromatic N) is 4. The highest BCUT2D eigenvalue weighted by atomic mass is 32.2. The van der Waals surface area contributed by atoms with Crippen LogP contribution in [0.25, 0.3) is 0 Å². The van der Waals surface area contributed by atoms with Gasteiger partial charge in [0.2, 0.25) is 5.91 Å². The van der Waals surface area contributed by atoms with Gasteiger partial charge in [-0.2, -0.15) is 0 Å². The molecule has 8 heteroatoms. The molecule has 2 saturated heterocycles. The molecule has 4 aliphatic heterocycles. The van der Waals surface area contributed by atoms with Gasteiger partial charge in [-0.1, -0.05) is 55.4 Å². The standard InChI is InChI=1S/C28H36N4O3S/c1-3-23-25(27(34)35-2)26(20-10-6-4-7-11-20)32-22(19-36-28(32)29-23)18-24(33)31-16-12-21(13-17-31)30-14-8-5-9-15-30/h4,6-7,10-11,19,21,26H,3,5,8-9,12-18H2,1-2H3/t26-/m1/s1. The second-order valence-corrected chi connectivity index (χ2v) is 10.7. The number of hydrogen-bond donors (Lipinski definition) is 0. The molecule has 0 bridgehead atoms. The Morgan fingerprint density at radius 3 is 2.44 bits per heavy atom. The number of thioether (sulfide) groups is 1. The highest BCUT2D eigenvalue weighted by Crippen LogP contribution is 2.45. The number of piperidine rings is 2. The molecule has 0 saturated carbocycles. The van der Waals surface area contributed by atoms with Crippen LogP contribution in [0.3, 0.4) is 0 Å². The number of allylic oxidation sites excluding steroid dienone is 1. The van der Waals surface area contributed by atoms with Crippen molar-refractivity contribution in [2.75, 3.05) is 33.3 Å². The number of amides is 1. The minimum atomic E-state index is -0.370. The maximum absolute atomic E-state index is 13.4. The molecule has 0 aliphatic carbocycles. The Labute approximate surface area is 218 Å². The summed E-state index contributed by atoms with van der Waals surface area (Å²) in [6.07, 6.45) is 6.99. The van der Waals surface area contributed by atoms with Crippen LogP contribution in [0.2, 0.25) is 0 Å². The lowest BCUT2D eigenvalue weighted by Crippen LogP contribution is -2.48. The van der Waals surface area contributed by atoms with Gasteiger partial charge in [-0.25, -0.2) is 9.79 Å². The summed E-state index contributed by atoms with van der Waals surface area (Å²) in [4.78, 5) is 38.0. The molecule has 0 radical (unpaired) electrons. The molecular formula is C28H36N4O3S. The number of esters is 1. The Hall–Kier alpha value is -2.58. The Morgan fingerprint density at radius 1 is 1.06 bits per heavy atom. The predicted molar refractivity (Wildman–Crippen MR) is 143 cm³/mol. The summed E-state index contributed by atoms with van der Waals surface area (Å²) in [5, 5.41) is 2.85. The largest absolute Gasteiger partial charge is 0.466 e. The van der Waals surface area contributed by atoms with Gasteiger partial charge < -0.3 is 19.4 Å². The van der Waals surface area contributed by atoms with Gasteiger partial charge in [0, 0.05) is 24.8 Å². The smallest absolute Gasteiger partial charge is 0.338 e. The molecule has 0 spiro atoms. The highest BCUT2D eigenvalue weighted by molar-refractivity contribution is 8.16. The number of carbonyl (C=O) groups is 2. The molecule has 4 heterocycles. The number of rotatable bonds is 6. The lowest BCUT2D eigenvalue weighted by molar-refractivity contribution is -0.136. The van der Waals surface area contributed by atoms with Crippen molar-refractivity contribution in [1.29, 1.82) is 0 Å². The SMILES string of the molecule is CCC1=C(C(=O)OC)[C@@H](c2ccccc2)N2C(CC(=O)N3CCC(N4CCCCC4)CC3)=CSC2=N1. The lowest BCUT2D eigenvalue weighted by Gasteiger charge is -2.40. The van der Waals surface area contributed by atoms with Crippen molar-refractivity contribution in [3.63, 3.8) is 0 Å². The van der Waals surface area contributed by atoms with E-state index in [9.17, 15) is 9.59 Å². The number of fused-ring (bicyclic) bond motifs is 1. The van der Waals surface area contributed by atoms with Crippen molar-refractivity contribution in [2.45, 2.75) is 64.0 Å². The van der Waals surface area contributed by atoms with Gasteiger partial charge >= 0.3 is 5.97 Å². The maximum atomic E-state index is 13.4. The van der Waals surface area contributed by atoms with Crippen molar-refractivity contribution in [2.24, 2.45) is 4.99 Å². The van der Waals surface area contributed by atoms with Crippen molar-refractivity contribution in [1.82, 2.24) is 14.7 Å². The molecule has 7 nitrogen and oxygen atoms in total. The molecule has 0 aromatic heterocycles. The molecule has 36 heavy (non-hydrogen) atoms. The quantitative estimate of drug-likeness (QED) is 0.520. The van der Waals surface area contributed by atoms with Crippen LogP contribution in [-0.4, -0.2) is 71.1 Å². The number of amidine groups is 1. The monoisotopic (exact) mass is 508 g/mol. The minimum Gasteiger partial charge on any atom is -0.466 e. The summed E-state index contributed by atoms with van der Waals surface area (Å²) >= 11 is 1.53. The highest BCUT2D eigenvalue weighted by Gasteiger charge is 2.42. The first-order chi connectivity index (χ1) is 17.6. The normalized spacial score (nSPS) is 23.3. The Kier molecular flexibility index (Phi) is 7.82. The molecular weight excluding hydrogens is 472 g/mol. The second-order valence-electron chi connectivity index (χ2n) is 9.90. The summed E-state index contributed by atoms with van der Waals surface area (Å²) in [5.74, 6) is -0.220. The number of carbonyl (C=O) groups excluding carboxylic acids is 2. The van der Waals surface area contributed by atoms with Crippen molar-refractivity contribution < 1.29 is 14.3 Å². The van der Waals surface area contributed by atoms with Crippen LogP contribution in [-0.2, 0) is 14.3 Å². The van der Waals surface area contributed by atoms with E-state index in [1.165, 1.54) is 51.2 Å². The predicted octanol–water partition coefficient (Wildman–Crippen LogP) is 4.69. The first kappa shape index (κ1) is 25.1. The third-order valence-corrected chi connectivity index (χ3v) is 8.69. The summed E-state index contributed by atoms with van der Waals surface area (Å²) < 4.78 is 5.20. The Morgan fingerprint density at radius 2 is 1.78 bits per heavy atom. The Balaban J connectivity index is 1.33. The van der Waals surface area contributed by atoms with E-state index in [1.54, 1.807) is 0 Å². The Bertz CT molecular complexity index is 1070. The molecule has 0 unspecified atom stereocenters. The molecule has 2 fully saturated rings. The average Bonchev–Trinajstić information content (AvgIpc) is 3.34. The molecule has 4 aliphatic rings. The van der Waals surface area contributed by atoms with E-state index < -0.39 is 0 Å². The summed E-state index contributed by atoms with van der Waals surface area (Å²) in [7, 11) is 1.41. The van der Waals surface area contributed by atoms with Crippen molar-refractivity contribution >= 4 is 28.8 Å². The summed E-state index contributed by atoms with van der Waals surface area (Å²) in [5.41, 5.74) is 3.18. The van der Waals surface area contributed by atoms with Crippen LogP contribution in [0, 0.1) is 0 Å². The third kappa shape index (κ3) is 4.98. The lowest BCUT2D eigenvalue weighted by atomic mass is 9.93. The van der Waals surface area contributed by atoms with Crippen LogP contribution >= 0.6 is 11.8 Å². The van der Waals surface area contributed by atoms with E-state index in [0.29, 0.717) is 24.5 Å². The number of methoxy groups -OCH3 is 1. The number of likely N-dealkylation sites (tertiary alicyclic amines) is 2. The van der Waals surface area contributed by atoms with Gasteiger partial charge in [-0.3, -0.25) is 4.79 Å². The van der Waals surface area contributed by atoms with E-state index in [-0.39, 0.29) is 17.9 Å². The van der Waals surface area contributed by atoms with E-state index in [0.717, 1.165) is 48.1 Å². The van der Waals surface area contributed by atoms with Crippen molar-refractivity contribution in [3.05, 3.63) is 58.3 Å². The zero-order valence-corrected chi connectivity index (χ0v) is 22.1. The fraction of sp³-hybridized carbons (Fsp3) is 0.536. The molecule has 5 rings (SSSR count). The van der Waals surface area contributed by atoms with Gasteiger partial charge in [-0.15, -0.1) is 0 Å². The van der Waals surface area contributed by atoms with E-state index in [1.807, 2.05) is 47.6 Å². The molecule has 1 atom stereocenters. The number of aliphatic imine (C=N–C) groups is 1. The number of ether oxygens (including phenoxy) is 1. The maximum Gasteiger partial charge on any atom is 0.338 e.